The number of carbonyl (C=O) groups is 1. The molecular formula is C18H21N3O3. The highest BCUT2D eigenvalue weighted by Crippen LogP contribution is 2.15. The first-order chi connectivity index (χ1) is 11.6. The zero-order valence-electron chi connectivity index (χ0n) is 13.9. The van der Waals surface area contributed by atoms with Crippen molar-refractivity contribution in [1.29, 1.82) is 0 Å². The molecule has 0 bridgehead atoms. The minimum Gasteiger partial charge on any atom is -0.376 e. The topological polar surface area (TPSA) is 73.2 Å². The number of rotatable bonds is 4. The summed E-state index contributed by atoms with van der Waals surface area (Å²) < 4.78 is 7.18. The predicted octanol–water partition coefficient (Wildman–Crippen LogP) is 1.84. The highest BCUT2D eigenvalue weighted by atomic mass is 16.5. The first-order valence-corrected chi connectivity index (χ1v) is 8.15. The molecule has 1 saturated heterocycles. The molecule has 1 aromatic heterocycles. The maximum atomic E-state index is 12.5. The van der Waals surface area contributed by atoms with Crippen molar-refractivity contribution >= 4 is 5.91 Å². The average molecular weight is 327 g/mol. The van der Waals surface area contributed by atoms with Gasteiger partial charge in [-0.15, -0.1) is 0 Å². The van der Waals surface area contributed by atoms with Crippen LogP contribution in [-0.4, -0.2) is 34.4 Å². The van der Waals surface area contributed by atoms with Crippen molar-refractivity contribution < 1.29 is 9.53 Å². The molecule has 1 fully saturated rings. The van der Waals surface area contributed by atoms with Gasteiger partial charge in [-0.1, -0.05) is 18.2 Å². The van der Waals surface area contributed by atoms with Crippen LogP contribution in [0.4, 0.5) is 0 Å². The Labute approximate surface area is 140 Å². The third kappa shape index (κ3) is 3.38. The van der Waals surface area contributed by atoms with Gasteiger partial charge in [0.25, 0.3) is 5.91 Å². The van der Waals surface area contributed by atoms with Crippen molar-refractivity contribution in [1.82, 2.24) is 15.1 Å². The molecule has 2 aromatic rings. The molecule has 1 amide bonds. The predicted molar refractivity (Wildman–Crippen MR) is 90.5 cm³/mol. The van der Waals surface area contributed by atoms with Crippen LogP contribution < -0.4 is 10.7 Å². The van der Waals surface area contributed by atoms with E-state index < -0.39 is 5.91 Å². The summed E-state index contributed by atoms with van der Waals surface area (Å²) in [6.07, 6.45) is 1.90. The second-order valence-electron chi connectivity index (χ2n) is 6.06. The molecule has 1 aliphatic heterocycles. The molecule has 6 nitrogen and oxygen atoms in total. The van der Waals surface area contributed by atoms with E-state index in [1.165, 1.54) is 6.07 Å². The van der Waals surface area contributed by atoms with E-state index in [0.29, 0.717) is 12.3 Å². The number of aryl methyl sites for hydroxylation is 1. The molecule has 0 aliphatic carbocycles. The van der Waals surface area contributed by atoms with Gasteiger partial charge in [0.2, 0.25) is 5.43 Å². The van der Waals surface area contributed by atoms with E-state index in [4.69, 9.17) is 4.74 Å². The van der Waals surface area contributed by atoms with Crippen LogP contribution in [0, 0.1) is 6.92 Å². The fraction of sp³-hybridized carbons (Fsp3) is 0.389. The highest BCUT2D eigenvalue weighted by molar-refractivity contribution is 5.92. The van der Waals surface area contributed by atoms with E-state index in [-0.39, 0.29) is 23.3 Å². The number of hydrogen-bond donors (Lipinski definition) is 1. The van der Waals surface area contributed by atoms with Crippen molar-refractivity contribution in [2.75, 3.05) is 6.61 Å². The number of amides is 1. The van der Waals surface area contributed by atoms with Crippen molar-refractivity contribution in [2.45, 2.75) is 38.8 Å². The molecule has 0 unspecified atom stereocenters. The van der Waals surface area contributed by atoms with Gasteiger partial charge in [-0.05, 0) is 38.8 Å². The third-order valence-electron chi connectivity index (χ3n) is 4.20. The zero-order valence-corrected chi connectivity index (χ0v) is 13.9. The Morgan fingerprint density at radius 2 is 2.12 bits per heavy atom. The summed E-state index contributed by atoms with van der Waals surface area (Å²) in [5.74, 6) is -0.465. The van der Waals surface area contributed by atoms with Crippen LogP contribution in [0.25, 0.3) is 5.69 Å². The van der Waals surface area contributed by atoms with E-state index in [9.17, 15) is 9.59 Å². The zero-order chi connectivity index (χ0) is 17.1. The maximum Gasteiger partial charge on any atom is 0.276 e. The summed E-state index contributed by atoms with van der Waals surface area (Å²) in [5, 5.41) is 7.11. The largest absolute Gasteiger partial charge is 0.376 e. The molecule has 1 aromatic carbocycles. The SMILES string of the molecule is Cc1cc(=O)c(C(=O)N[C@H](C)[C@H]2CCCO2)nn1-c1ccccc1. The lowest BCUT2D eigenvalue weighted by Gasteiger charge is -2.20. The smallest absolute Gasteiger partial charge is 0.276 e. The second-order valence-corrected chi connectivity index (χ2v) is 6.06. The lowest BCUT2D eigenvalue weighted by molar-refractivity contribution is 0.0708. The second kappa shape index (κ2) is 6.97. The number of ether oxygens (including phenoxy) is 1. The quantitative estimate of drug-likeness (QED) is 0.930. The Kier molecular flexibility index (Phi) is 4.76. The molecule has 3 rings (SSSR count). The minimum atomic E-state index is -0.465. The van der Waals surface area contributed by atoms with Gasteiger partial charge in [-0.2, -0.15) is 5.10 Å². The van der Waals surface area contributed by atoms with Crippen LogP contribution >= 0.6 is 0 Å². The first-order valence-electron chi connectivity index (χ1n) is 8.15. The van der Waals surface area contributed by atoms with Crippen molar-refractivity contribution in [3.8, 4) is 5.69 Å². The Bertz CT molecular complexity index is 780. The van der Waals surface area contributed by atoms with Gasteiger partial charge in [-0.3, -0.25) is 9.59 Å². The number of benzene rings is 1. The summed E-state index contributed by atoms with van der Waals surface area (Å²) in [6, 6.07) is 10.7. The summed E-state index contributed by atoms with van der Waals surface area (Å²) in [4.78, 5) is 24.7. The standard InChI is InChI=1S/C18H21N3O3/c1-12-11-15(22)17(20-21(12)14-7-4-3-5-8-14)18(23)19-13(2)16-9-6-10-24-16/h3-5,7-8,11,13,16H,6,9-10H2,1-2H3,(H,19,23)/t13-,16-/m1/s1. The normalized spacial score (nSPS) is 18.3. The van der Waals surface area contributed by atoms with Crippen molar-refractivity contribution in [3.05, 3.63) is 58.0 Å². The van der Waals surface area contributed by atoms with Crippen LogP contribution in [0.5, 0.6) is 0 Å². The Balaban J connectivity index is 1.87. The van der Waals surface area contributed by atoms with E-state index in [1.807, 2.05) is 37.3 Å². The molecule has 1 N–H and O–H groups in total. The van der Waals surface area contributed by atoms with Crippen LogP contribution in [0.3, 0.4) is 0 Å². The van der Waals surface area contributed by atoms with Gasteiger partial charge in [0, 0.05) is 18.4 Å². The fourth-order valence-corrected chi connectivity index (χ4v) is 2.90. The minimum absolute atomic E-state index is 0.00394. The number of nitrogens with one attached hydrogen (secondary N) is 1. The highest BCUT2D eigenvalue weighted by Gasteiger charge is 2.25. The van der Waals surface area contributed by atoms with Gasteiger partial charge < -0.3 is 10.1 Å². The van der Waals surface area contributed by atoms with Crippen LogP contribution in [-0.2, 0) is 4.74 Å². The lowest BCUT2D eigenvalue weighted by atomic mass is 10.1. The molecule has 126 valence electrons. The van der Waals surface area contributed by atoms with E-state index in [0.717, 1.165) is 18.5 Å². The summed E-state index contributed by atoms with van der Waals surface area (Å²) >= 11 is 0. The van der Waals surface area contributed by atoms with Crippen molar-refractivity contribution in [2.24, 2.45) is 0 Å². The van der Waals surface area contributed by atoms with Gasteiger partial charge in [0.15, 0.2) is 5.69 Å². The van der Waals surface area contributed by atoms with E-state index in [1.54, 1.807) is 11.6 Å². The first kappa shape index (κ1) is 16.4. The van der Waals surface area contributed by atoms with Gasteiger partial charge in [0.05, 0.1) is 17.8 Å². The van der Waals surface area contributed by atoms with Crippen molar-refractivity contribution in [3.63, 3.8) is 0 Å². The van der Waals surface area contributed by atoms with Gasteiger partial charge in [-0.25, -0.2) is 4.68 Å². The van der Waals surface area contributed by atoms with Crippen LogP contribution in [0.2, 0.25) is 0 Å². The van der Waals surface area contributed by atoms with Gasteiger partial charge >= 0.3 is 0 Å². The maximum absolute atomic E-state index is 12.5. The number of para-hydroxylation sites is 1. The molecule has 2 atom stereocenters. The molecule has 0 saturated carbocycles. The molecule has 2 heterocycles. The number of hydrogen-bond acceptors (Lipinski definition) is 4. The molecule has 1 aliphatic rings. The summed E-state index contributed by atoms with van der Waals surface area (Å²) in [7, 11) is 0. The molecule has 24 heavy (non-hydrogen) atoms. The number of carbonyl (C=O) groups excluding carboxylic acids is 1. The van der Waals surface area contributed by atoms with Crippen LogP contribution in [0.15, 0.2) is 41.2 Å². The Morgan fingerprint density at radius 1 is 1.38 bits per heavy atom. The molecule has 6 heteroatoms. The van der Waals surface area contributed by atoms with E-state index in [2.05, 4.69) is 10.4 Å². The summed E-state index contributed by atoms with van der Waals surface area (Å²) in [5.41, 5.74) is 0.997. The molecule has 0 radical (unpaired) electrons. The lowest BCUT2D eigenvalue weighted by Crippen LogP contribution is -2.43. The van der Waals surface area contributed by atoms with Gasteiger partial charge in [0.1, 0.15) is 0 Å². The fourth-order valence-electron chi connectivity index (χ4n) is 2.90. The summed E-state index contributed by atoms with van der Waals surface area (Å²) in [6.45, 7) is 4.39. The number of aromatic nitrogens is 2. The molecule has 0 spiro atoms. The Hall–Kier alpha value is -2.47. The van der Waals surface area contributed by atoms with E-state index >= 15 is 0 Å². The monoisotopic (exact) mass is 327 g/mol. The average Bonchev–Trinajstić information content (AvgIpc) is 3.10. The Morgan fingerprint density at radius 3 is 2.79 bits per heavy atom. The number of nitrogens with zero attached hydrogens (tertiary/aromatic N) is 2. The molecular weight excluding hydrogens is 306 g/mol. The van der Waals surface area contributed by atoms with Crippen LogP contribution in [0.1, 0.15) is 35.9 Å². The third-order valence-corrected chi connectivity index (χ3v) is 4.20.